The zero-order valence-corrected chi connectivity index (χ0v) is 16.9. The number of hydrogen-bond donors (Lipinski definition) is 2. The topological polar surface area (TPSA) is 92.2 Å². The Hall–Kier alpha value is -4.10. The van der Waals surface area contributed by atoms with Gasteiger partial charge in [-0.25, -0.2) is 14.8 Å². The number of thiazole rings is 1. The number of rotatable bonds is 4. The van der Waals surface area contributed by atoms with Crippen LogP contribution in [0.25, 0.3) is 32.1 Å². The van der Waals surface area contributed by atoms with E-state index in [2.05, 4.69) is 15.3 Å². The summed E-state index contributed by atoms with van der Waals surface area (Å²) in [5.74, 6) is -1.37. The van der Waals surface area contributed by atoms with Crippen LogP contribution in [0.1, 0.15) is 20.8 Å². The molecule has 0 unspecified atom stereocenters. The minimum atomic E-state index is -1.10. The fraction of sp³-hybridized carbons (Fsp3) is 0. The molecule has 0 bridgehead atoms. The number of benzene rings is 3. The highest BCUT2D eigenvalue weighted by Crippen LogP contribution is 2.30. The summed E-state index contributed by atoms with van der Waals surface area (Å²) in [5, 5.41) is 14.5. The molecular weight excluding hydrogens is 410 g/mol. The summed E-state index contributed by atoms with van der Waals surface area (Å²) in [4.78, 5) is 33.1. The molecule has 0 radical (unpaired) electrons. The van der Waals surface area contributed by atoms with Gasteiger partial charge in [0.2, 0.25) is 0 Å². The van der Waals surface area contributed by atoms with E-state index in [1.54, 1.807) is 18.2 Å². The monoisotopic (exact) mass is 425 g/mol. The third-order valence-corrected chi connectivity index (χ3v) is 5.91. The highest BCUT2D eigenvalue weighted by atomic mass is 32.1. The van der Waals surface area contributed by atoms with Crippen LogP contribution in [0.3, 0.4) is 0 Å². The van der Waals surface area contributed by atoms with Crippen LogP contribution in [0, 0.1) is 0 Å². The first-order valence-corrected chi connectivity index (χ1v) is 10.3. The van der Waals surface area contributed by atoms with E-state index < -0.39 is 5.97 Å². The number of hydrogen-bond acceptors (Lipinski definition) is 5. The lowest BCUT2D eigenvalue weighted by atomic mass is 9.97. The summed E-state index contributed by atoms with van der Waals surface area (Å²) < 4.78 is 0.996. The van der Waals surface area contributed by atoms with Crippen molar-refractivity contribution in [3.63, 3.8) is 0 Å². The quantitative estimate of drug-likeness (QED) is 0.399. The maximum atomic E-state index is 13.1. The Morgan fingerprint density at radius 2 is 1.81 bits per heavy atom. The van der Waals surface area contributed by atoms with Gasteiger partial charge < -0.3 is 5.11 Å². The second-order valence-electron chi connectivity index (χ2n) is 6.89. The summed E-state index contributed by atoms with van der Waals surface area (Å²) in [7, 11) is 0. The van der Waals surface area contributed by atoms with Crippen molar-refractivity contribution in [2.24, 2.45) is 0 Å². The Kier molecular flexibility index (Phi) is 4.65. The SMILES string of the molecule is O=C(O)c1ncccc1-c1ccc2cccc(C(=O)Nc3nc4ccccc4s3)c2c1. The number of aromatic nitrogens is 2. The molecule has 0 aliphatic rings. The number of amides is 1. The standard InChI is InChI=1S/C24H15N3O3S/c28-22(27-24-26-19-8-1-2-9-20(19)31-24)17-6-3-5-14-10-11-15(13-18(14)17)16-7-4-12-25-21(16)23(29)30/h1-13H,(H,29,30)(H,26,27,28). The zero-order valence-electron chi connectivity index (χ0n) is 16.1. The molecule has 2 aromatic heterocycles. The number of carboxylic acids is 1. The van der Waals surface area contributed by atoms with E-state index in [0.29, 0.717) is 21.8 Å². The van der Waals surface area contributed by atoms with Crippen LogP contribution in [0.5, 0.6) is 0 Å². The van der Waals surface area contributed by atoms with Crippen molar-refractivity contribution in [3.05, 3.63) is 90.3 Å². The molecule has 0 atom stereocenters. The maximum absolute atomic E-state index is 13.1. The zero-order chi connectivity index (χ0) is 21.4. The number of nitrogens with one attached hydrogen (secondary N) is 1. The first-order chi connectivity index (χ1) is 15.1. The molecule has 2 N–H and O–H groups in total. The molecule has 7 heteroatoms. The van der Waals surface area contributed by atoms with Crippen LogP contribution in [-0.4, -0.2) is 27.0 Å². The van der Waals surface area contributed by atoms with E-state index in [1.807, 2.05) is 54.6 Å². The summed E-state index contributed by atoms with van der Waals surface area (Å²) in [6, 6.07) is 22.1. The van der Waals surface area contributed by atoms with E-state index in [-0.39, 0.29) is 11.6 Å². The molecular formula is C24H15N3O3S. The lowest BCUT2D eigenvalue weighted by Crippen LogP contribution is -2.12. The normalized spacial score (nSPS) is 11.0. The highest BCUT2D eigenvalue weighted by Gasteiger charge is 2.16. The molecule has 0 aliphatic heterocycles. The number of para-hydroxylation sites is 1. The van der Waals surface area contributed by atoms with E-state index in [4.69, 9.17) is 0 Å². The third kappa shape index (κ3) is 3.51. The number of nitrogens with zero attached hydrogens (tertiary/aromatic N) is 2. The number of pyridine rings is 1. The minimum Gasteiger partial charge on any atom is -0.476 e. The first kappa shape index (κ1) is 18.9. The van der Waals surface area contributed by atoms with Crippen molar-refractivity contribution < 1.29 is 14.7 Å². The molecule has 0 saturated carbocycles. The van der Waals surface area contributed by atoms with Crippen molar-refractivity contribution in [1.29, 1.82) is 0 Å². The molecule has 3 aromatic carbocycles. The first-order valence-electron chi connectivity index (χ1n) is 9.48. The lowest BCUT2D eigenvalue weighted by molar-refractivity contribution is 0.0691. The Morgan fingerprint density at radius 3 is 2.65 bits per heavy atom. The lowest BCUT2D eigenvalue weighted by Gasteiger charge is -2.10. The number of fused-ring (bicyclic) bond motifs is 2. The van der Waals surface area contributed by atoms with Gasteiger partial charge in [-0.15, -0.1) is 0 Å². The molecule has 5 rings (SSSR count). The van der Waals surface area contributed by atoms with Crippen LogP contribution in [-0.2, 0) is 0 Å². The second kappa shape index (κ2) is 7.62. The largest absolute Gasteiger partial charge is 0.476 e. The van der Waals surface area contributed by atoms with Gasteiger partial charge in [-0.1, -0.05) is 53.8 Å². The predicted molar refractivity (Wildman–Crippen MR) is 122 cm³/mol. The number of carbonyl (C=O) groups excluding carboxylic acids is 1. The number of carbonyl (C=O) groups is 2. The Morgan fingerprint density at radius 1 is 0.935 bits per heavy atom. The van der Waals surface area contributed by atoms with Gasteiger partial charge in [-0.2, -0.15) is 0 Å². The van der Waals surface area contributed by atoms with Crippen molar-refractivity contribution in [2.75, 3.05) is 5.32 Å². The Balaban J connectivity index is 1.57. The minimum absolute atomic E-state index is 0.0294. The van der Waals surface area contributed by atoms with Gasteiger partial charge in [0, 0.05) is 17.3 Å². The van der Waals surface area contributed by atoms with Crippen LogP contribution in [0.2, 0.25) is 0 Å². The van der Waals surface area contributed by atoms with Crippen LogP contribution in [0.4, 0.5) is 5.13 Å². The summed E-state index contributed by atoms with van der Waals surface area (Å²) in [6.07, 6.45) is 1.45. The molecule has 31 heavy (non-hydrogen) atoms. The number of carboxylic acid groups (broad SMARTS) is 1. The van der Waals surface area contributed by atoms with Crippen molar-refractivity contribution in [3.8, 4) is 11.1 Å². The van der Waals surface area contributed by atoms with Gasteiger partial charge in [0.1, 0.15) is 0 Å². The van der Waals surface area contributed by atoms with Crippen LogP contribution >= 0.6 is 11.3 Å². The predicted octanol–water partition coefficient (Wildman–Crippen LogP) is 5.46. The fourth-order valence-corrected chi connectivity index (χ4v) is 4.40. The molecule has 0 saturated heterocycles. The van der Waals surface area contributed by atoms with Gasteiger partial charge >= 0.3 is 5.97 Å². The molecule has 150 valence electrons. The fourth-order valence-electron chi connectivity index (χ4n) is 3.54. The molecule has 5 aromatic rings. The number of aromatic carboxylic acids is 1. The molecule has 0 fully saturated rings. The maximum Gasteiger partial charge on any atom is 0.355 e. The smallest absolute Gasteiger partial charge is 0.355 e. The number of anilines is 1. The van der Waals surface area contributed by atoms with E-state index in [1.165, 1.54) is 17.5 Å². The average Bonchev–Trinajstić information content (AvgIpc) is 3.20. The van der Waals surface area contributed by atoms with Gasteiger partial charge in [-0.3, -0.25) is 10.1 Å². The third-order valence-electron chi connectivity index (χ3n) is 4.96. The molecule has 2 heterocycles. The molecule has 0 aliphatic carbocycles. The van der Waals surface area contributed by atoms with Crippen LogP contribution in [0.15, 0.2) is 79.0 Å². The summed E-state index contributed by atoms with van der Waals surface area (Å²) >= 11 is 1.41. The van der Waals surface area contributed by atoms with E-state index in [0.717, 1.165) is 21.0 Å². The van der Waals surface area contributed by atoms with E-state index in [9.17, 15) is 14.7 Å². The van der Waals surface area contributed by atoms with Crippen molar-refractivity contribution in [1.82, 2.24) is 9.97 Å². The Labute approximate surface area is 180 Å². The van der Waals surface area contributed by atoms with Crippen molar-refractivity contribution >= 4 is 49.3 Å². The highest BCUT2D eigenvalue weighted by molar-refractivity contribution is 7.22. The van der Waals surface area contributed by atoms with Gasteiger partial charge in [0.15, 0.2) is 10.8 Å². The Bertz CT molecular complexity index is 1440. The van der Waals surface area contributed by atoms with E-state index >= 15 is 0 Å². The molecule has 0 spiro atoms. The summed E-state index contributed by atoms with van der Waals surface area (Å²) in [5.41, 5.74) is 2.47. The van der Waals surface area contributed by atoms with Gasteiger partial charge in [0.25, 0.3) is 5.91 Å². The summed E-state index contributed by atoms with van der Waals surface area (Å²) in [6.45, 7) is 0. The van der Waals surface area contributed by atoms with Gasteiger partial charge in [0.05, 0.1) is 10.2 Å². The second-order valence-corrected chi connectivity index (χ2v) is 7.92. The molecule has 1 amide bonds. The van der Waals surface area contributed by atoms with Gasteiger partial charge in [-0.05, 0) is 46.7 Å². The average molecular weight is 425 g/mol. The molecule has 6 nitrogen and oxygen atoms in total. The van der Waals surface area contributed by atoms with Crippen LogP contribution < -0.4 is 5.32 Å². The van der Waals surface area contributed by atoms with Crippen molar-refractivity contribution in [2.45, 2.75) is 0 Å².